The fraction of sp³-hybridized carbons (Fsp3) is 0.308. The van der Waals surface area contributed by atoms with Crippen LogP contribution < -0.4 is 10.3 Å². The molecule has 1 aromatic heterocycles. The summed E-state index contributed by atoms with van der Waals surface area (Å²) in [5.74, 6) is -0.618. The van der Waals surface area contributed by atoms with Crippen molar-refractivity contribution in [2.24, 2.45) is 7.05 Å². The van der Waals surface area contributed by atoms with Crippen LogP contribution in [0.15, 0.2) is 59.4 Å². The summed E-state index contributed by atoms with van der Waals surface area (Å²) >= 11 is 0. The third-order valence-corrected chi connectivity index (χ3v) is 6.36. The number of hydrogen-bond acceptors (Lipinski definition) is 3. The van der Waals surface area contributed by atoms with Crippen molar-refractivity contribution in [1.82, 2.24) is 9.47 Å². The number of carbonyl (C=O) groups excluding carboxylic acids is 1. The lowest BCUT2D eigenvalue weighted by Crippen LogP contribution is -2.50. The Morgan fingerprint density at radius 3 is 2.31 bits per heavy atom. The molecule has 1 fully saturated rings. The monoisotopic (exact) mass is 433 g/mol. The van der Waals surface area contributed by atoms with Crippen molar-refractivity contribution in [3.63, 3.8) is 0 Å². The molecule has 2 heterocycles. The highest BCUT2D eigenvalue weighted by Gasteiger charge is 2.28. The van der Waals surface area contributed by atoms with Crippen LogP contribution in [0.5, 0.6) is 0 Å². The number of carbonyl (C=O) groups is 1. The second kappa shape index (κ2) is 8.99. The minimum absolute atomic E-state index is 0.144. The average molecular weight is 434 g/mol. The van der Waals surface area contributed by atoms with Gasteiger partial charge in [-0.05, 0) is 37.1 Å². The van der Waals surface area contributed by atoms with Crippen molar-refractivity contribution in [2.75, 3.05) is 31.1 Å². The van der Waals surface area contributed by atoms with E-state index in [1.165, 1.54) is 23.4 Å². The Morgan fingerprint density at radius 1 is 0.969 bits per heavy atom. The quantitative estimate of drug-likeness (QED) is 0.630. The highest BCUT2D eigenvalue weighted by atomic mass is 19.1. The Morgan fingerprint density at radius 2 is 1.62 bits per heavy atom. The number of piperazine rings is 1. The van der Waals surface area contributed by atoms with Crippen LogP contribution in [0.4, 0.5) is 10.1 Å². The molecule has 0 saturated carbocycles. The van der Waals surface area contributed by atoms with E-state index in [4.69, 9.17) is 0 Å². The largest absolute Gasteiger partial charge is 0.368 e. The standard InChI is InChI=1S/C26H28FN3O2/c1-18-8-4-7-11-22(18)29-12-14-30(15-13-29)26(32)25-23(28(3)19(2)16-24(25)31)17-20-9-5-6-10-21(20)27/h4-11,16H,12-15,17H2,1-3H3. The van der Waals surface area contributed by atoms with Gasteiger partial charge in [0, 0.05) is 62.8 Å². The summed E-state index contributed by atoms with van der Waals surface area (Å²) in [7, 11) is 1.82. The summed E-state index contributed by atoms with van der Waals surface area (Å²) in [5, 5.41) is 0. The minimum Gasteiger partial charge on any atom is -0.368 e. The highest BCUT2D eigenvalue weighted by molar-refractivity contribution is 5.95. The molecular formula is C26H28FN3O2. The van der Waals surface area contributed by atoms with E-state index >= 15 is 0 Å². The molecule has 0 aliphatic carbocycles. The number of para-hydroxylation sites is 1. The smallest absolute Gasteiger partial charge is 0.259 e. The molecule has 6 heteroatoms. The molecule has 0 unspecified atom stereocenters. The molecule has 0 spiro atoms. The lowest BCUT2D eigenvalue weighted by molar-refractivity contribution is 0.0743. The summed E-state index contributed by atoms with van der Waals surface area (Å²) in [6.07, 6.45) is 0.185. The van der Waals surface area contributed by atoms with E-state index in [1.807, 2.05) is 30.7 Å². The van der Waals surface area contributed by atoms with E-state index in [-0.39, 0.29) is 29.1 Å². The zero-order valence-electron chi connectivity index (χ0n) is 18.8. The molecule has 1 amide bonds. The van der Waals surface area contributed by atoms with Crippen LogP contribution in [0, 0.1) is 19.7 Å². The van der Waals surface area contributed by atoms with Gasteiger partial charge in [-0.3, -0.25) is 9.59 Å². The first kappa shape index (κ1) is 21.8. The van der Waals surface area contributed by atoms with Crippen LogP contribution in [0.25, 0.3) is 0 Å². The number of pyridine rings is 1. The minimum atomic E-state index is -0.341. The average Bonchev–Trinajstić information content (AvgIpc) is 2.79. The Kier molecular flexibility index (Phi) is 6.12. The molecule has 1 aliphatic heterocycles. The second-order valence-corrected chi connectivity index (χ2v) is 8.36. The normalized spacial score (nSPS) is 14.0. The maximum absolute atomic E-state index is 14.3. The van der Waals surface area contributed by atoms with Gasteiger partial charge in [-0.25, -0.2) is 4.39 Å². The van der Waals surface area contributed by atoms with Crippen molar-refractivity contribution in [2.45, 2.75) is 20.3 Å². The predicted octanol–water partition coefficient (Wildman–Crippen LogP) is 3.69. The molecular weight excluding hydrogens is 405 g/mol. The van der Waals surface area contributed by atoms with E-state index in [9.17, 15) is 14.0 Å². The summed E-state index contributed by atoms with van der Waals surface area (Å²) < 4.78 is 16.2. The van der Waals surface area contributed by atoms with Gasteiger partial charge in [-0.15, -0.1) is 0 Å². The predicted molar refractivity (Wildman–Crippen MR) is 125 cm³/mol. The molecule has 0 N–H and O–H groups in total. The number of rotatable bonds is 4. The lowest BCUT2D eigenvalue weighted by atomic mass is 10.0. The van der Waals surface area contributed by atoms with E-state index < -0.39 is 0 Å². The fourth-order valence-corrected chi connectivity index (χ4v) is 4.37. The van der Waals surface area contributed by atoms with Crippen LogP contribution in [0.1, 0.15) is 32.9 Å². The number of benzene rings is 2. The maximum atomic E-state index is 14.3. The number of amides is 1. The zero-order chi connectivity index (χ0) is 22.8. The van der Waals surface area contributed by atoms with Crippen molar-refractivity contribution < 1.29 is 9.18 Å². The van der Waals surface area contributed by atoms with Gasteiger partial charge < -0.3 is 14.4 Å². The van der Waals surface area contributed by atoms with E-state index in [0.717, 1.165) is 5.69 Å². The first-order valence-corrected chi connectivity index (χ1v) is 10.9. The topological polar surface area (TPSA) is 45.5 Å². The van der Waals surface area contributed by atoms with Gasteiger partial charge in [0.25, 0.3) is 5.91 Å². The number of halogens is 1. The van der Waals surface area contributed by atoms with Crippen LogP contribution in [0.2, 0.25) is 0 Å². The Balaban J connectivity index is 1.62. The fourth-order valence-electron chi connectivity index (χ4n) is 4.37. The van der Waals surface area contributed by atoms with Crippen LogP contribution in [0.3, 0.4) is 0 Å². The summed E-state index contributed by atoms with van der Waals surface area (Å²) in [6.45, 7) is 6.36. The van der Waals surface area contributed by atoms with E-state index in [1.54, 1.807) is 23.1 Å². The first-order chi connectivity index (χ1) is 15.4. The Hall–Kier alpha value is -3.41. The number of hydrogen-bond donors (Lipinski definition) is 0. The van der Waals surface area contributed by atoms with E-state index in [0.29, 0.717) is 37.4 Å². The molecule has 0 radical (unpaired) electrons. The van der Waals surface area contributed by atoms with Gasteiger partial charge in [0.15, 0.2) is 5.43 Å². The van der Waals surface area contributed by atoms with Gasteiger partial charge in [-0.2, -0.15) is 0 Å². The van der Waals surface area contributed by atoms with Crippen LogP contribution in [-0.4, -0.2) is 41.6 Å². The third kappa shape index (κ3) is 4.17. The lowest BCUT2D eigenvalue weighted by Gasteiger charge is -2.37. The van der Waals surface area contributed by atoms with E-state index in [2.05, 4.69) is 24.0 Å². The molecule has 0 bridgehead atoms. The number of nitrogens with zero attached hydrogens (tertiary/aromatic N) is 3. The van der Waals surface area contributed by atoms with Gasteiger partial charge >= 0.3 is 0 Å². The van der Waals surface area contributed by atoms with Crippen LogP contribution >= 0.6 is 0 Å². The number of aryl methyl sites for hydroxylation is 2. The first-order valence-electron chi connectivity index (χ1n) is 10.9. The van der Waals surface area contributed by atoms with Crippen molar-refractivity contribution in [1.29, 1.82) is 0 Å². The number of anilines is 1. The third-order valence-electron chi connectivity index (χ3n) is 6.36. The summed E-state index contributed by atoms with van der Waals surface area (Å²) in [6, 6.07) is 16.2. The molecule has 1 saturated heterocycles. The SMILES string of the molecule is Cc1ccccc1N1CCN(C(=O)c2c(Cc3ccccc3F)n(C)c(C)cc2=O)CC1. The van der Waals surface area contributed by atoms with Gasteiger partial charge in [-0.1, -0.05) is 36.4 Å². The molecule has 2 aromatic carbocycles. The zero-order valence-corrected chi connectivity index (χ0v) is 18.8. The van der Waals surface area contributed by atoms with Gasteiger partial charge in [0.05, 0.1) is 0 Å². The molecule has 0 atom stereocenters. The molecule has 32 heavy (non-hydrogen) atoms. The van der Waals surface area contributed by atoms with Gasteiger partial charge in [0.2, 0.25) is 0 Å². The molecule has 5 nitrogen and oxygen atoms in total. The molecule has 1 aliphatic rings. The van der Waals surface area contributed by atoms with Crippen molar-refractivity contribution in [3.8, 4) is 0 Å². The second-order valence-electron chi connectivity index (χ2n) is 8.36. The molecule has 166 valence electrons. The van der Waals surface area contributed by atoms with Crippen LogP contribution in [-0.2, 0) is 13.5 Å². The van der Waals surface area contributed by atoms with Crippen molar-refractivity contribution >= 4 is 11.6 Å². The molecule has 3 aromatic rings. The number of aromatic nitrogens is 1. The summed E-state index contributed by atoms with van der Waals surface area (Å²) in [4.78, 5) is 30.4. The summed E-state index contributed by atoms with van der Waals surface area (Å²) in [5.41, 5.74) is 3.96. The van der Waals surface area contributed by atoms with Gasteiger partial charge in [0.1, 0.15) is 11.4 Å². The molecule has 4 rings (SSSR count). The highest BCUT2D eigenvalue weighted by Crippen LogP contribution is 2.22. The maximum Gasteiger partial charge on any atom is 0.259 e. The van der Waals surface area contributed by atoms with Crippen molar-refractivity contribution in [3.05, 3.63) is 98.7 Å². The Labute approximate surface area is 187 Å². The Bertz CT molecular complexity index is 1210.